The van der Waals surface area contributed by atoms with E-state index in [-0.39, 0.29) is 11.2 Å². The molecule has 0 aliphatic heterocycles. The van der Waals surface area contributed by atoms with Gasteiger partial charge in [-0.25, -0.2) is 4.39 Å². The molecule has 0 atom stereocenters. The van der Waals surface area contributed by atoms with E-state index >= 15 is 0 Å². The van der Waals surface area contributed by atoms with E-state index in [0.717, 1.165) is 5.56 Å². The first-order valence-corrected chi connectivity index (χ1v) is 4.20. The van der Waals surface area contributed by atoms with Crippen LogP contribution in [0.5, 0.6) is 0 Å². The van der Waals surface area contributed by atoms with Gasteiger partial charge in [-0.1, -0.05) is 26.8 Å². The Labute approximate surface area is 77.6 Å². The second kappa shape index (κ2) is 3.29. The third kappa shape index (κ3) is 2.14. The van der Waals surface area contributed by atoms with Crippen LogP contribution in [0.1, 0.15) is 36.7 Å². The third-order valence-corrected chi connectivity index (χ3v) is 1.95. The Kier molecular flexibility index (Phi) is 2.50. The Balaban J connectivity index is 3.29. The van der Waals surface area contributed by atoms with Gasteiger partial charge in [0.05, 0.1) is 0 Å². The minimum absolute atomic E-state index is 0.121. The van der Waals surface area contributed by atoms with Crippen LogP contribution in [0.15, 0.2) is 18.2 Å². The summed E-state index contributed by atoms with van der Waals surface area (Å²) in [6, 6.07) is 4.32. The van der Waals surface area contributed by atoms with Crippen molar-refractivity contribution in [1.82, 2.24) is 0 Å². The van der Waals surface area contributed by atoms with E-state index in [2.05, 4.69) is 0 Å². The monoisotopic (exact) mass is 180 g/mol. The quantitative estimate of drug-likeness (QED) is 0.607. The van der Waals surface area contributed by atoms with E-state index in [9.17, 15) is 9.18 Å². The highest BCUT2D eigenvalue weighted by atomic mass is 19.1. The molecule has 0 bridgehead atoms. The van der Waals surface area contributed by atoms with Gasteiger partial charge in [-0.15, -0.1) is 0 Å². The van der Waals surface area contributed by atoms with Gasteiger partial charge in [0.25, 0.3) is 0 Å². The van der Waals surface area contributed by atoms with Crippen molar-refractivity contribution in [3.8, 4) is 0 Å². The fourth-order valence-corrected chi connectivity index (χ4v) is 1.31. The van der Waals surface area contributed by atoms with E-state index in [4.69, 9.17) is 0 Å². The minimum Gasteiger partial charge on any atom is -0.298 e. The molecule has 1 aromatic rings. The molecule has 1 rings (SSSR count). The number of hydrogen-bond donors (Lipinski definition) is 0. The van der Waals surface area contributed by atoms with Crippen LogP contribution in [-0.4, -0.2) is 6.29 Å². The summed E-state index contributed by atoms with van der Waals surface area (Å²) in [6.07, 6.45) is 0.698. The molecule has 1 nitrogen and oxygen atoms in total. The number of carbonyl (C=O) groups excluding carboxylic acids is 1. The fourth-order valence-electron chi connectivity index (χ4n) is 1.31. The molecular formula is C11H13FO. The van der Waals surface area contributed by atoms with Crippen LogP contribution in [-0.2, 0) is 5.41 Å². The molecule has 0 amide bonds. The van der Waals surface area contributed by atoms with E-state index in [0.29, 0.717) is 11.8 Å². The Morgan fingerprint density at radius 2 is 1.92 bits per heavy atom. The lowest BCUT2D eigenvalue weighted by atomic mass is 9.84. The molecule has 2 heteroatoms. The maximum atomic E-state index is 12.8. The first-order valence-electron chi connectivity index (χ1n) is 4.20. The Hall–Kier alpha value is -1.18. The van der Waals surface area contributed by atoms with Crippen molar-refractivity contribution in [2.45, 2.75) is 26.2 Å². The van der Waals surface area contributed by atoms with Gasteiger partial charge in [-0.05, 0) is 23.1 Å². The molecule has 0 fully saturated rings. The molecule has 0 saturated carbocycles. The highest BCUT2D eigenvalue weighted by Gasteiger charge is 2.17. The van der Waals surface area contributed by atoms with E-state index < -0.39 is 0 Å². The molecule has 0 heterocycles. The van der Waals surface area contributed by atoms with Gasteiger partial charge < -0.3 is 0 Å². The van der Waals surface area contributed by atoms with Crippen LogP contribution in [0.25, 0.3) is 0 Å². The topological polar surface area (TPSA) is 17.1 Å². The van der Waals surface area contributed by atoms with Gasteiger partial charge in [0, 0.05) is 5.56 Å². The van der Waals surface area contributed by atoms with Crippen LogP contribution in [0, 0.1) is 5.82 Å². The van der Waals surface area contributed by atoms with Crippen molar-refractivity contribution in [3.05, 3.63) is 35.1 Å². The summed E-state index contributed by atoms with van der Waals surface area (Å²) in [5, 5.41) is 0. The number of halogens is 1. The summed E-state index contributed by atoms with van der Waals surface area (Å²) in [7, 11) is 0. The van der Waals surface area contributed by atoms with Crippen LogP contribution < -0.4 is 0 Å². The van der Waals surface area contributed by atoms with Crippen molar-refractivity contribution in [2.75, 3.05) is 0 Å². The third-order valence-electron chi connectivity index (χ3n) is 1.95. The molecule has 70 valence electrons. The number of carbonyl (C=O) groups is 1. The van der Waals surface area contributed by atoms with Crippen molar-refractivity contribution < 1.29 is 9.18 Å². The van der Waals surface area contributed by atoms with Crippen molar-refractivity contribution in [1.29, 1.82) is 0 Å². The largest absolute Gasteiger partial charge is 0.298 e. The van der Waals surface area contributed by atoms with Crippen molar-refractivity contribution >= 4 is 6.29 Å². The lowest BCUT2D eigenvalue weighted by molar-refractivity contribution is 0.112. The van der Waals surface area contributed by atoms with Gasteiger partial charge in [-0.3, -0.25) is 4.79 Å². The molecule has 13 heavy (non-hydrogen) atoms. The molecule has 0 N–H and O–H groups in total. The number of benzene rings is 1. The summed E-state index contributed by atoms with van der Waals surface area (Å²) in [4.78, 5) is 10.7. The lowest BCUT2D eigenvalue weighted by Gasteiger charge is -2.20. The SMILES string of the molecule is CC(C)(C)c1ccc(F)cc1C=O. The Morgan fingerprint density at radius 1 is 1.31 bits per heavy atom. The molecule has 0 unspecified atom stereocenters. The molecule has 1 aromatic carbocycles. The van der Waals surface area contributed by atoms with Crippen LogP contribution in [0.4, 0.5) is 4.39 Å². The Morgan fingerprint density at radius 3 is 2.38 bits per heavy atom. The number of rotatable bonds is 1. The average molecular weight is 180 g/mol. The lowest BCUT2D eigenvalue weighted by Crippen LogP contribution is -2.14. The highest BCUT2D eigenvalue weighted by Crippen LogP contribution is 2.25. The predicted molar refractivity (Wildman–Crippen MR) is 50.5 cm³/mol. The smallest absolute Gasteiger partial charge is 0.150 e. The van der Waals surface area contributed by atoms with Crippen LogP contribution in [0.3, 0.4) is 0 Å². The molecule has 0 aliphatic rings. The Bertz CT molecular complexity index is 323. The van der Waals surface area contributed by atoms with E-state index in [1.807, 2.05) is 20.8 Å². The zero-order valence-electron chi connectivity index (χ0n) is 8.10. The summed E-state index contributed by atoms with van der Waals surface area (Å²) in [5.74, 6) is -0.366. The summed E-state index contributed by atoms with van der Waals surface area (Å²) in [5.41, 5.74) is 1.20. The normalized spacial score (nSPS) is 11.4. The molecular weight excluding hydrogens is 167 g/mol. The first kappa shape index (κ1) is 9.90. The van der Waals surface area contributed by atoms with E-state index in [1.54, 1.807) is 6.07 Å². The molecule has 0 saturated heterocycles. The van der Waals surface area contributed by atoms with Gasteiger partial charge in [0.15, 0.2) is 0 Å². The van der Waals surface area contributed by atoms with Gasteiger partial charge in [-0.2, -0.15) is 0 Å². The van der Waals surface area contributed by atoms with E-state index in [1.165, 1.54) is 12.1 Å². The summed E-state index contributed by atoms with van der Waals surface area (Å²) < 4.78 is 12.8. The van der Waals surface area contributed by atoms with Crippen molar-refractivity contribution in [3.63, 3.8) is 0 Å². The van der Waals surface area contributed by atoms with Crippen LogP contribution in [0.2, 0.25) is 0 Å². The fraction of sp³-hybridized carbons (Fsp3) is 0.364. The molecule has 0 spiro atoms. The zero-order valence-corrected chi connectivity index (χ0v) is 8.10. The second-order valence-electron chi connectivity index (χ2n) is 4.10. The number of hydrogen-bond acceptors (Lipinski definition) is 1. The summed E-state index contributed by atoms with van der Waals surface area (Å²) in [6.45, 7) is 5.98. The van der Waals surface area contributed by atoms with Crippen LogP contribution >= 0.6 is 0 Å². The maximum absolute atomic E-state index is 12.8. The summed E-state index contributed by atoms with van der Waals surface area (Å²) >= 11 is 0. The molecule has 0 aliphatic carbocycles. The predicted octanol–water partition coefficient (Wildman–Crippen LogP) is 2.94. The zero-order chi connectivity index (χ0) is 10.1. The molecule has 0 aromatic heterocycles. The maximum Gasteiger partial charge on any atom is 0.150 e. The molecule has 0 radical (unpaired) electrons. The van der Waals surface area contributed by atoms with Gasteiger partial charge in [0.2, 0.25) is 0 Å². The second-order valence-corrected chi connectivity index (χ2v) is 4.10. The number of aldehydes is 1. The standard InChI is InChI=1S/C11H13FO/c1-11(2,3)10-5-4-9(12)6-8(10)7-13/h4-7H,1-3H3. The average Bonchev–Trinajstić information content (AvgIpc) is 2.01. The van der Waals surface area contributed by atoms with Crippen molar-refractivity contribution in [2.24, 2.45) is 0 Å². The van der Waals surface area contributed by atoms with Gasteiger partial charge in [0.1, 0.15) is 12.1 Å². The highest BCUT2D eigenvalue weighted by molar-refractivity contribution is 5.77. The minimum atomic E-state index is -0.366. The van der Waals surface area contributed by atoms with Gasteiger partial charge >= 0.3 is 0 Å². The first-order chi connectivity index (χ1) is 5.95.